The number of rotatable bonds is 6. The fraction of sp³-hybridized carbons (Fsp3) is 0.500. The van der Waals surface area contributed by atoms with E-state index in [1.807, 2.05) is 19.1 Å². The number of carboxylic acids is 1. The number of carbonyl (C=O) groups is 1. The maximum Gasteiger partial charge on any atom is 0.337 e. The van der Waals surface area contributed by atoms with Crippen LogP contribution in [0.5, 0.6) is 0 Å². The lowest BCUT2D eigenvalue weighted by Crippen LogP contribution is -2.27. The molecule has 0 atom stereocenters. The lowest BCUT2D eigenvalue weighted by Gasteiger charge is -2.17. The third kappa shape index (κ3) is 3.23. The van der Waals surface area contributed by atoms with E-state index in [0.717, 1.165) is 24.7 Å². The van der Waals surface area contributed by atoms with Gasteiger partial charge < -0.3 is 15.3 Å². The van der Waals surface area contributed by atoms with Crippen LogP contribution in [0.4, 0.5) is 5.69 Å². The zero-order valence-corrected chi connectivity index (χ0v) is 10.9. The Morgan fingerprint density at radius 2 is 2.22 bits per heavy atom. The molecule has 0 bridgehead atoms. The summed E-state index contributed by atoms with van der Waals surface area (Å²) in [5.74, 6) is -0.881. The Hall–Kier alpha value is -1.55. The van der Waals surface area contributed by atoms with Crippen LogP contribution in [0.1, 0.15) is 28.8 Å². The van der Waals surface area contributed by atoms with Crippen molar-refractivity contribution in [2.24, 2.45) is 0 Å². The number of anilines is 1. The highest BCUT2D eigenvalue weighted by molar-refractivity contribution is 5.94. The van der Waals surface area contributed by atoms with Crippen molar-refractivity contribution in [2.75, 3.05) is 25.5 Å². The van der Waals surface area contributed by atoms with Gasteiger partial charge in [-0.2, -0.15) is 0 Å². The van der Waals surface area contributed by atoms with Crippen LogP contribution in [0, 0.1) is 6.92 Å². The second-order valence-corrected chi connectivity index (χ2v) is 4.99. The number of hydrogen-bond acceptors (Lipinski definition) is 3. The van der Waals surface area contributed by atoms with Gasteiger partial charge in [-0.1, -0.05) is 6.07 Å². The van der Waals surface area contributed by atoms with Gasteiger partial charge in [0.25, 0.3) is 0 Å². The maximum absolute atomic E-state index is 11.1. The number of nitrogens with one attached hydrogen (secondary N) is 1. The molecule has 0 amide bonds. The van der Waals surface area contributed by atoms with Gasteiger partial charge in [0, 0.05) is 24.8 Å². The van der Waals surface area contributed by atoms with E-state index in [-0.39, 0.29) is 0 Å². The Labute approximate surface area is 108 Å². The number of benzene rings is 1. The molecular weight excluding hydrogens is 228 g/mol. The summed E-state index contributed by atoms with van der Waals surface area (Å²) in [5.41, 5.74) is 2.12. The molecule has 2 N–H and O–H groups in total. The van der Waals surface area contributed by atoms with Gasteiger partial charge in [0.05, 0.1) is 5.56 Å². The van der Waals surface area contributed by atoms with Crippen molar-refractivity contribution in [2.45, 2.75) is 25.8 Å². The maximum atomic E-state index is 11.1. The third-order valence-electron chi connectivity index (χ3n) is 3.36. The van der Waals surface area contributed by atoms with Crippen molar-refractivity contribution < 1.29 is 9.90 Å². The summed E-state index contributed by atoms with van der Waals surface area (Å²) in [6, 6.07) is 6.11. The number of aryl methyl sites for hydroxylation is 1. The Morgan fingerprint density at radius 1 is 1.50 bits per heavy atom. The first-order valence-electron chi connectivity index (χ1n) is 6.36. The zero-order valence-electron chi connectivity index (χ0n) is 10.9. The van der Waals surface area contributed by atoms with Gasteiger partial charge in [-0.3, -0.25) is 0 Å². The molecule has 1 aliphatic rings. The molecule has 1 aromatic rings. The summed E-state index contributed by atoms with van der Waals surface area (Å²) in [5, 5.41) is 12.3. The van der Waals surface area contributed by atoms with Crippen molar-refractivity contribution in [3.05, 3.63) is 29.3 Å². The standard InChI is InChI=1S/C14H20N2O2/c1-10-3-6-12(14(17)18)13(9-10)15-7-8-16(2)11-4-5-11/h3,6,9,11,15H,4-5,7-8H2,1-2H3,(H,17,18). The minimum Gasteiger partial charge on any atom is -0.478 e. The minimum atomic E-state index is -0.881. The molecule has 0 unspecified atom stereocenters. The van der Waals surface area contributed by atoms with Crippen LogP contribution in [0.3, 0.4) is 0 Å². The molecule has 0 spiro atoms. The van der Waals surface area contributed by atoms with Crippen LogP contribution in [0.15, 0.2) is 18.2 Å². The van der Waals surface area contributed by atoms with Gasteiger partial charge >= 0.3 is 5.97 Å². The summed E-state index contributed by atoms with van der Waals surface area (Å²) >= 11 is 0. The first kappa shape index (κ1) is 12.9. The van der Waals surface area contributed by atoms with Gasteiger partial charge in [-0.05, 0) is 44.5 Å². The van der Waals surface area contributed by atoms with Crippen LogP contribution >= 0.6 is 0 Å². The van der Waals surface area contributed by atoms with Crippen molar-refractivity contribution in [3.63, 3.8) is 0 Å². The van der Waals surface area contributed by atoms with Gasteiger partial charge in [-0.15, -0.1) is 0 Å². The topological polar surface area (TPSA) is 52.6 Å². The van der Waals surface area contributed by atoms with Gasteiger partial charge in [0.15, 0.2) is 0 Å². The molecule has 1 fully saturated rings. The number of carboxylic acid groups (broad SMARTS) is 1. The molecule has 4 heteroatoms. The van der Waals surface area contributed by atoms with Gasteiger partial charge in [0.2, 0.25) is 0 Å². The van der Waals surface area contributed by atoms with Crippen LogP contribution in [0.25, 0.3) is 0 Å². The Balaban J connectivity index is 1.94. The van der Waals surface area contributed by atoms with E-state index >= 15 is 0 Å². The molecule has 98 valence electrons. The summed E-state index contributed by atoms with van der Waals surface area (Å²) in [4.78, 5) is 13.4. The van der Waals surface area contributed by atoms with Crippen molar-refractivity contribution in [1.82, 2.24) is 4.90 Å². The molecule has 1 aliphatic carbocycles. The lowest BCUT2D eigenvalue weighted by atomic mass is 10.1. The average Bonchev–Trinajstić information content (AvgIpc) is 3.12. The normalized spacial score (nSPS) is 14.8. The monoisotopic (exact) mass is 248 g/mol. The second-order valence-electron chi connectivity index (χ2n) is 4.99. The molecule has 18 heavy (non-hydrogen) atoms. The highest BCUT2D eigenvalue weighted by Crippen LogP contribution is 2.25. The highest BCUT2D eigenvalue weighted by Gasteiger charge is 2.25. The van der Waals surface area contributed by atoms with Crippen LogP contribution in [-0.4, -0.2) is 42.2 Å². The van der Waals surface area contributed by atoms with Crippen molar-refractivity contribution >= 4 is 11.7 Å². The number of hydrogen-bond donors (Lipinski definition) is 2. The van der Waals surface area contributed by atoms with Gasteiger partial charge in [0.1, 0.15) is 0 Å². The third-order valence-corrected chi connectivity index (χ3v) is 3.36. The van der Waals surface area contributed by atoms with Crippen LogP contribution in [0.2, 0.25) is 0 Å². The summed E-state index contributed by atoms with van der Waals surface area (Å²) < 4.78 is 0. The Kier molecular flexibility index (Phi) is 3.87. The van der Waals surface area contributed by atoms with Crippen LogP contribution in [-0.2, 0) is 0 Å². The smallest absolute Gasteiger partial charge is 0.337 e. The van der Waals surface area contributed by atoms with E-state index < -0.39 is 5.97 Å². The largest absolute Gasteiger partial charge is 0.478 e. The van der Waals surface area contributed by atoms with Gasteiger partial charge in [-0.25, -0.2) is 4.79 Å². The molecule has 4 nitrogen and oxygen atoms in total. The molecule has 0 heterocycles. The predicted molar refractivity (Wildman–Crippen MR) is 72.3 cm³/mol. The summed E-state index contributed by atoms with van der Waals surface area (Å²) in [6.07, 6.45) is 2.59. The Bertz CT molecular complexity index is 441. The number of nitrogens with zero attached hydrogens (tertiary/aromatic N) is 1. The van der Waals surface area contributed by atoms with Crippen LogP contribution < -0.4 is 5.32 Å². The van der Waals surface area contributed by atoms with E-state index in [1.54, 1.807) is 6.07 Å². The minimum absolute atomic E-state index is 0.342. The fourth-order valence-electron chi connectivity index (χ4n) is 2.06. The van der Waals surface area contributed by atoms with E-state index in [9.17, 15) is 4.79 Å². The SMILES string of the molecule is Cc1ccc(C(=O)O)c(NCCN(C)C2CC2)c1. The molecule has 1 aromatic carbocycles. The highest BCUT2D eigenvalue weighted by atomic mass is 16.4. The molecule has 2 rings (SSSR count). The van der Waals surface area contributed by atoms with Crippen molar-refractivity contribution in [3.8, 4) is 0 Å². The number of aromatic carboxylic acids is 1. The van der Waals surface area contributed by atoms with E-state index in [0.29, 0.717) is 11.3 Å². The van der Waals surface area contributed by atoms with E-state index in [4.69, 9.17) is 5.11 Å². The number of likely N-dealkylation sites (N-methyl/N-ethyl adjacent to an activating group) is 1. The molecular formula is C14H20N2O2. The zero-order chi connectivity index (χ0) is 13.1. The van der Waals surface area contributed by atoms with Crippen molar-refractivity contribution in [1.29, 1.82) is 0 Å². The second kappa shape index (κ2) is 5.40. The molecule has 0 radical (unpaired) electrons. The molecule has 0 saturated heterocycles. The predicted octanol–water partition coefficient (Wildman–Crippen LogP) is 2.20. The average molecular weight is 248 g/mol. The summed E-state index contributed by atoms with van der Waals surface area (Å²) in [6.45, 7) is 3.68. The summed E-state index contributed by atoms with van der Waals surface area (Å²) in [7, 11) is 2.12. The molecule has 0 aromatic heterocycles. The lowest BCUT2D eigenvalue weighted by molar-refractivity contribution is 0.0698. The quantitative estimate of drug-likeness (QED) is 0.810. The molecule has 1 saturated carbocycles. The van der Waals surface area contributed by atoms with E-state index in [2.05, 4.69) is 17.3 Å². The first-order valence-corrected chi connectivity index (χ1v) is 6.36. The molecule has 0 aliphatic heterocycles. The fourth-order valence-corrected chi connectivity index (χ4v) is 2.06. The van der Waals surface area contributed by atoms with E-state index in [1.165, 1.54) is 12.8 Å². The first-order chi connectivity index (χ1) is 8.58. The Morgan fingerprint density at radius 3 is 2.83 bits per heavy atom.